The van der Waals surface area contributed by atoms with Crippen LogP contribution in [0.5, 0.6) is 0 Å². The number of nitrogens with two attached hydrogens (primary N) is 1. The van der Waals surface area contributed by atoms with Gasteiger partial charge in [-0.15, -0.1) is 0 Å². The lowest BCUT2D eigenvalue weighted by Gasteiger charge is -2.24. The van der Waals surface area contributed by atoms with Gasteiger partial charge in [0.1, 0.15) is 0 Å². The van der Waals surface area contributed by atoms with Crippen LogP contribution in [0.25, 0.3) is 0 Å². The Labute approximate surface area is 64.8 Å². The Kier molecular flexibility index (Phi) is 2.15. The first kappa shape index (κ1) is 8.48. The molecule has 1 amide bonds. The number of carbonyl (C=O) groups is 1. The lowest BCUT2D eigenvalue weighted by molar-refractivity contribution is -0.121. The number of sulfone groups is 1. The molecule has 5 nitrogen and oxygen atoms in total. The zero-order valence-corrected chi connectivity index (χ0v) is 6.73. The van der Waals surface area contributed by atoms with Crippen molar-refractivity contribution in [2.75, 3.05) is 5.75 Å². The van der Waals surface area contributed by atoms with Gasteiger partial charge in [-0.1, -0.05) is 0 Å². The highest BCUT2D eigenvalue weighted by atomic mass is 32.2. The largest absolute Gasteiger partial charge is 0.294 e. The summed E-state index contributed by atoms with van der Waals surface area (Å²) in [5.74, 6) is 4.58. The van der Waals surface area contributed by atoms with Gasteiger partial charge in [-0.25, -0.2) is 14.3 Å². The van der Waals surface area contributed by atoms with Crippen molar-refractivity contribution in [3.8, 4) is 0 Å². The highest BCUT2D eigenvalue weighted by molar-refractivity contribution is 7.93. The molecule has 1 heterocycles. The van der Waals surface area contributed by atoms with E-state index in [1.165, 1.54) is 0 Å². The quantitative estimate of drug-likeness (QED) is 0.307. The standard InChI is InChI=1S/C5H10N2O3S/c6-7-5(8)3-4-1-2-11(4,9)10/h4H,1-3,6H2,(H,7,8). The second kappa shape index (κ2) is 2.78. The predicted octanol–water partition coefficient (Wildman–Crippen LogP) is -1.45. The molecule has 0 radical (unpaired) electrons. The average molecular weight is 178 g/mol. The molecule has 1 aliphatic heterocycles. The van der Waals surface area contributed by atoms with Crippen LogP contribution in [0.3, 0.4) is 0 Å². The van der Waals surface area contributed by atoms with Crippen LogP contribution < -0.4 is 11.3 Å². The van der Waals surface area contributed by atoms with E-state index in [0.29, 0.717) is 6.42 Å². The number of amides is 1. The lowest BCUT2D eigenvalue weighted by atomic mass is 10.2. The van der Waals surface area contributed by atoms with Crippen molar-refractivity contribution in [2.24, 2.45) is 5.84 Å². The van der Waals surface area contributed by atoms with Crippen LogP contribution in [-0.4, -0.2) is 25.3 Å². The summed E-state index contributed by atoms with van der Waals surface area (Å²) in [5, 5.41) is -0.494. The summed E-state index contributed by atoms with van der Waals surface area (Å²) in [6.07, 6.45) is 0.578. The van der Waals surface area contributed by atoms with Crippen LogP contribution in [0.15, 0.2) is 0 Å². The highest BCUT2D eigenvalue weighted by Crippen LogP contribution is 2.23. The molecule has 0 aromatic heterocycles. The molecule has 11 heavy (non-hydrogen) atoms. The fourth-order valence-corrected chi connectivity index (χ4v) is 2.33. The van der Waals surface area contributed by atoms with Crippen molar-refractivity contribution >= 4 is 15.7 Å². The fourth-order valence-electron chi connectivity index (χ4n) is 0.972. The number of hydrogen-bond donors (Lipinski definition) is 2. The predicted molar refractivity (Wildman–Crippen MR) is 39.1 cm³/mol. The Morgan fingerprint density at radius 3 is 2.55 bits per heavy atom. The topological polar surface area (TPSA) is 89.3 Å². The van der Waals surface area contributed by atoms with Gasteiger partial charge < -0.3 is 0 Å². The normalized spacial score (nSPS) is 27.2. The van der Waals surface area contributed by atoms with E-state index in [0.717, 1.165) is 0 Å². The van der Waals surface area contributed by atoms with Crippen molar-refractivity contribution in [1.29, 1.82) is 0 Å². The van der Waals surface area contributed by atoms with Crippen molar-refractivity contribution in [1.82, 2.24) is 5.43 Å². The van der Waals surface area contributed by atoms with Crippen molar-refractivity contribution in [3.05, 3.63) is 0 Å². The lowest BCUT2D eigenvalue weighted by Crippen LogP contribution is -2.42. The molecule has 1 saturated heterocycles. The molecule has 1 rings (SSSR count). The van der Waals surface area contributed by atoms with Crippen LogP contribution in [0, 0.1) is 0 Å². The first-order chi connectivity index (χ1) is 5.06. The Hall–Kier alpha value is -0.620. The summed E-state index contributed by atoms with van der Waals surface area (Å²) in [5.41, 5.74) is 1.90. The van der Waals surface area contributed by atoms with Crippen molar-refractivity contribution in [3.63, 3.8) is 0 Å². The van der Waals surface area contributed by atoms with E-state index in [2.05, 4.69) is 0 Å². The number of nitrogens with one attached hydrogen (secondary N) is 1. The van der Waals surface area contributed by atoms with Crippen LogP contribution in [0.2, 0.25) is 0 Å². The Morgan fingerprint density at radius 2 is 2.27 bits per heavy atom. The molecule has 0 saturated carbocycles. The number of hydrogen-bond acceptors (Lipinski definition) is 4. The van der Waals surface area contributed by atoms with Crippen LogP contribution in [-0.2, 0) is 14.6 Å². The van der Waals surface area contributed by atoms with Gasteiger partial charge >= 0.3 is 0 Å². The maximum Gasteiger partial charge on any atom is 0.235 e. The summed E-state index contributed by atoms with van der Waals surface area (Å²) < 4.78 is 21.7. The van der Waals surface area contributed by atoms with Crippen LogP contribution in [0.1, 0.15) is 12.8 Å². The molecule has 1 atom stereocenters. The van der Waals surface area contributed by atoms with Gasteiger partial charge in [0.05, 0.1) is 11.0 Å². The number of hydrazine groups is 1. The Morgan fingerprint density at radius 1 is 1.64 bits per heavy atom. The monoisotopic (exact) mass is 178 g/mol. The fraction of sp³-hybridized carbons (Fsp3) is 0.800. The molecule has 0 aromatic rings. The summed E-state index contributed by atoms with van der Waals surface area (Å²) in [4.78, 5) is 10.6. The van der Waals surface area contributed by atoms with Gasteiger partial charge in [0, 0.05) is 6.42 Å². The zero-order chi connectivity index (χ0) is 8.48. The second-order valence-electron chi connectivity index (χ2n) is 2.55. The molecular formula is C5H10N2O3S. The van der Waals surface area contributed by atoms with Crippen LogP contribution >= 0.6 is 0 Å². The summed E-state index contributed by atoms with van der Waals surface area (Å²) in [6, 6.07) is 0. The first-order valence-electron chi connectivity index (χ1n) is 3.27. The maximum absolute atomic E-state index is 10.8. The van der Waals surface area contributed by atoms with Gasteiger partial charge in [-0.05, 0) is 6.42 Å². The van der Waals surface area contributed by atoms with E-state index in [9.17, 15) is 13.2 Å². The second-order valence-corrected chi connectivity index (χ2v) is 4.95. The van der Waals surface area contributed by atoms with E-state index in [-0.39, 0.29) is 12.2 Å². The molecule has 1 unspecified atom stereocenters. The molecule has 1 fully saturated rings. The molecule has 1 aliphatic rings. The first-order valence-corrected chi connectivity index (χ1v) is 4.99. The van der Waals surface area contributed by atoms with Gasteiger partial charge in [-0.3, -0.25) is 10.2 Å². The Bertz CT molecular complexity index is 259. The van der Waals surface area contributed by atoms with Crippen LogP contribution in [0.4, 0.5) is 0 Å². The van der Waals surface area contributed by atoms with Crippen molar-refractivity contribution < 1.29 is 13.2 Å². The minimum Gasteiger partial charge on any atom is -0.294 e. The van der Waals surface area contributed by atoms with E-state index >= 15 is 0 Å². The van der Waals surface area contributed by atoms with E-state index in [1.54, 1.807) is 0 Å². The highest BCUT2D eigenvalue weighted by Gasteiger charge is 2.36. The summed E-state index contributed by atoms with van der Waals surface area (Å²) in [6.45, 7) is 0. The van der Waals surface area contributed by atoms with Gasteiger partial charge in [0.15, 0.2) is 9.84 Å². The molecule has 0 aliphatic carbocycles. The van der Waals surface area contributed by atoms with Gasteiger partial charge in [0.25, 0.3) is 0 Å². The Balaban J connectivity index is 2.46. The maximum atomic E-state index is 10.8. The minimum atomic E-state index is -2.94. The number of carbonyl (C=O) groups excluding carboxylic acids is 1. The third-order valence-corrected chi connectivity index (χ3v) is 4.03. The third kappa shape index (κ3) is 1.69. The third-order valence-electron chi connectivity index (χ3n) is 1.81. The van der Waals surface area contributed by atoms with E-state index in [4.69, 9.17) is 5.84 Å². The average Bonchev–Trinajstić information content (AvgIpc) is 1.98. The van der Waals surface area contributed by atoms with Gasteiger partial charge in [-0.2, -0.15) is 0 Å². The molecular weight excluding hydrogens is 168 g/mol. The summed E-state index contributed by atoms with van der Waals surface area (Å²) >= 11 is 0. The van der Waals surface area contributed by atoms with E-state index in [1.807, 2.05) is 5.43 Å². The molecule has 0 bridgehead atoms. The number of rotatable bonds is 2. The van der Waals surface area contributed by atoms with Gasteiger partial charge in [0.2, 0.25) is 5.91 Å². The van der Waals surface area contributed by atoms with Crippen molar-refractivity contribution in [2.45, 2.75) is 18.1 Å². The summed E-state index contributed by atoms with van der Waals surface area (Å²) in [7, 11) is -2.94. The van der Waals surface area contributed by atoms with E-state index < -0.39 is 21.0 Å². The molecule has 0 aromatic carbocycles. The molecule has 64 valence electrons. The zero-order valence-electron chi connectivity index (χ0n) is 5.91. The molecule has 6 heteroatoms. The molecule has 3 N–H and O–H groups in total. The smallest absolute Gasteiger partial charge is 0.235 e. The molecule has 0 spiro atoms. The minimum absolute atomic E-state index is 0.00116. The SMILES string of the molecule is NNC(=O)CC1CCS1(=O)=O.